The highest BCUT2D eigenvalue weighted by molar-refractivity contribution is 6.15. The minimum atomic E-state index is 0.474. The fourth-order valence-corrected chi connectivity index (χ4v) is 9.10. The second-order valence-corrected chi connectivity index (χ2v) is 15.9. The third-order valence-corrected chi connectivity index (χ3v) is 12.1. The minimum Gasteiger partial charge on any atom is -0.383 e. The summed E-state index contributed by atoms with van der Waals surface area (Å²) in [6.07, 6.45) is 15.5. The van der Waals surface area contributed by atoms with Crippen LogP contribution in [0, 0.1) is 0 Å². The van der Waals surface area contributed by atoms with Gasteiger partial charge in [-0.25, -0.2) is 9.98 Å². The molecule has 0 fully saturated rings. The maximum Gasteiger partial charge on any atom is 0.138 e. The van der Waals surface area contributed by atoms with E-state index in [1.807, 2.05) is 48.5 Å². The smallest absolute Gasteiger partial charge is 0.138 e. The van der Waals surface area contributed by atoms with Crippen LogP contribution in [0.5, 0.6) is 0 Å². The normalized spacial score (nSPS) is 13.7. The number of allylic oxidation sites excluding steroid dienone is 4. The number of nitrogens with zero attached hydrogens (tertiary/aromatic N) is 4. The van der Waals surface area contributed by atoms with Gasteiger partial charge in [-0.15, -0.1) is 0 Å². The molecule has 2 aliphatic carbocycles. The molecular formula is C56H44N6. The van der Waals surface area contributed by atoms with Crippen molar-refractivity contribution in [1.29, 1.82) is 0 Å². The lowest BCUT2D eigenvalue weighted by atomic mass is 9.93. The zero-order chi connectivity index (χ0) is 41.4. The number of anilines is 5. The Morgan fingerprint density at radius 1 is 0.565 bits per heavy atom. The molecule has 9 aromatic rings. The number of nitrogens with two attached hydrogens (primary N) is 1. The Hall–Kier alpha value is -7.96. The average Bonchev–Trinajstić information content (AvgIpc) is 3.78. The maximum atomic E-state index is 6.61. The molecule has 62 heavy (non-hydrogen) atoms. The molecule has 3 N–H and O–H groups in total. The van der Waals surface area contributed by atoms with E-state index < -0.39 is 0 Å². The van der Waals surface area contributed by atoms with Crippen LogP contribution in [0.2, 0.25) is 0 Å². The zero-order valence-corrected chi connectivity index (χ0v) is 34.2. The van der Waals surface area contributed by atoms with Gasteiger partial charge < -0.3 is 20.5 Å². The van der Waals surface area contributed by atoms with E-state index in [9.17, 15) is 0 Å². The lowest BCUT2D eigenvalue weighted by Crippen LogP contribution is -2.33. The zero-order valence-electron chi connectivity index (χ0n) is 34.2. The van der Waals surface area contributed by atoms with Crippen molar-refractivity contribution in [3.8, 4) is 11.4 Å². The van der Waals surface area contributed by atoms with E-state index in [2.05, 4.69) is 166 Å². The summed E-state index contributed by atoms with van der Waals surface area (Å²) < 4.78 is 0. The van der Waals surface area contributed by atoms with Gasteiger partial charge in [0.2, 0.25) is 0 Å². The number of aromatic nitrogens is 2. The van der Waals surface area contributed by atoms with Crippen LogP contribution in [0.15, 0.2) is 199 Å². The molecule has 0 bridgehead atoms. The average molecular weight is 801 g/mol. The van der Waals surface area contributed by atoms with Gasteiger partial charge in [-0.05, 0) is 150 Å². The summed E-state index contributed by atoms with van der Waals surface area (Å²) in [6.45, 7) is 0. The Morgan fingerprint density at radius 3 is 1.95 bits per heavy atom. The van der Waals surface area contributed by atoms with Crippen molar-refractivity contribution >= 4 is 84.7 Å². The van der Waals surface area contributed by atoms with Gasteiger partial charge in [0.1, 0.15) is 11.7 Å². The van der Waals surface area contributed by atoms with Gasteiger partial charge in [0.05, 0.1) is 28.1 Å². The van der Waals surface area contributed by atoms with Crippen LogP contribution < -0.4 is 26.0 Å². The molecule has 1 heterocycles. The first-order valence-electron chi connectivity index (χ1n) is 21.4. The van der Waals surface area contributed by atoms with Crippen molar-refractivity contribution in [2.45, 2.75) is 25.7 Å². The van der Waals surface area contributed by atoms with Crippen LogP contribution in [0.3, 0.4) is 0 Å². The molecular weight excluding hydrogens is 757 g/mol. The SMILES string of the molecule is NC(=Nc1ccccc1)c1ccc(N(c2ccc(-c3nc4ccccc4[nH]3)cc2)c2cc3c(cc(N(C4=CC=CCC4)c4ccccc4)c4ccccc43)c3c2=CCCC=3)cc1. The van der Waals surface area contributed by atoms with Gasteiger partial charge >= 0.3 is 0 Å². The molecule has 0 amide bonds. The largest absolute Gasteiger partial charge is 0.383 e. The summed E-state index contributed by atoms with van der Waals surface area (Å²) in [5, 5.41) is 7.39. The molecule has 0 saturated heterocycles. The lowest BCUT2D eigenvalue weighted by molar-refractivity contribution is 0.919. The van der Waals surface area contributed by atoms with Crippen LogP contribution in [0.1, 0.15) is 31.2 Å². The van der Waals surface area contributed by atoms with Gasteiger partial charge in [0, 0.05) is 44.5 Å². The van der Waals surface area contributed by atoms with E-state index in [0.717, 1.165) is 82.1 Å². The highest BCUT2D eigenvalue weighted by Gasteiger charge is 2.23. The van der Waals surface area contributed by atoms with Gasteiger partial charge in [0.25, 0.3) is 0 Å². The van der Waals surface area contributed by atoms with Crippen LogP contribution in [0.4, 0.5) is 34.1 Å². The lowest BCUT2D eigenvalue weighted by Gasteiger charge is -2.31. The van der Waals surface area contributed by atoms with Crippen LogP contribution in [0.25, 0.3) is 56.1 Å². The molecule has 0 saturated carbocycles. The van der Waals surface area contributed by atoms with E-state index in [1.165, 1.54) is 43.4 Å². The molecule has 298 valence electrons. The van der Waals surface area contributed by atoms with Gasteiger partial charge in [0.15, 0.2) is 0 Å². The molecule has 11 rings (SSSR count). The molecule has 0 spiro atoms. The predicted molar refractivity (Wildman–Crippen MR) is 261 cm³/mol. The Kier molecular flexibility index (Phi) is 9.51. The first kappa shape index (κ1) is 37.1. The highest BCUT2D eigenvalue weighted by atomic mass is 15.2. The van der Waals surface area contributed by atoms with Gasteiger partial charge in [-0.3, -0.25) is 0 Å². The topological polar surface area (TPSA) is 73.5 Å². The quantitative estimate of drug-likeness (QED) is 0.0866. The summed E-state index contributed by atoms with van der Waals surface area (Å²) >= 11 is 0. The predicted octanol–water partition coefficient (Wildman–Crippen LogP) is 12.8. The number of para-hydroxylation sites is 4. The summed E-state index contributed by atoms with van der Waals surface area (Å²) in [5.41, 5.74) is 18.1. The number of aliphatic imine (C=N–C) groups is 1. The summed E-state index contributed by atoms with van der Waals surface area (Å²) in [5.74, 6) is 1.32. The number of hydrogen-bond donors (Lipinski definition) is 2. The number of aromatic amines is 1. The minimum absolute atomic E-state index is 0.474. The molecule has 0 unspecified atom stereocenters. The van der Waals surface area contributed by atoms with Crippen molar-refractivity contribution < 1.29 is 0 Å². The van der Waals surface area contributed by atoms with E-state index in [-0.39, 0.29) is 0 Å². The fourth-order valence-electron chi connectivity index (χ4n) is 9.10. The molecule has 0 aliphatic heterocycles. The number of benzene rings is 8. The first-order valence-corrected chi connectivity index (χ1v) is 21.4. The van der Waals surface area contributed by atoms with Crippen molar-refractivity contribution in [3.05, 3.63) is 210 Å². The molecule has 0 radical (unpaired) electrons. The number of nitrogens with one attached hydrogen (secondary N) is 1. The summed E-state index contributed by atoms with van der Waals surface area (Å²) in [7, 11) is 0. The summed E-state index contributed by atoms with van der Waals surface area (Å²) in [6, 6.07) is 59.8. The number of hydrogen-bond acceptors (Lipinski definition) is 4. The van der Waals surface area contributed by atoms with E-state index in [4.69, 9.17) is 15.7 Å². The highest BCUT2D eigenvalue weighted by Crippen LogP contribution is 2.42. The number of H-pyrrole nitrogens is 1. The van der Waals surface area contributed by atoms with Gasteiger partial charge in [-0.2, -0.15) is 0 Å². The number of amidine groups is 1. The van der Waals surface area contributed by atoms with Crippen molar-refractivity contribution in [2.24, 2.45) is 10.7 Å². The number of fused-ring (bicyclic) bond motifs is 6. The van der Waals surface area contributed by atoms with Crippen LogP contribution in [-0.2, 0) is 0 Å². The Balaban J connectivity index is 1.11. The molecule has 1 aromatic heterocycles. The molecule has 6 heteroatoms. The maximum absolute atomic E-state index is 6.61. The van der Waals surface area contributed by atoms with Crippen molar-refractivity contribution in [2.75, 3.05) is 9.80 Å². The van der Waals surface area contributed by atoms with Crippen LogP contribution >= 0.6 is 0 Å². The third-order valence-electron chi connectivity index (χ3n) is 12.1. The number of imidazole rings is 1. The second kappa shape index (κ2) is 15.9. The van der Waals surface area contributed by atoms with Crippen molar-refractivity contribution in [3.63, 3.8) is 0 Å². The molecule has 0 atom stereocenters. The molecule has 6 nitrogen and oxygen atoms in total. The van der Waals surface area contributed by atoms with Gasteiger partial charge in [-0.1, -0.05) is 97.1 Å². The van der Waals surface area contributed by atoms with E-state index >= 15 is 0 Å². The second-order valence-electron chi connectivity index (χ2n) is 15.9. The number of rotatable bonds is 9. The summed E-state index contributed by atoms with van der Waals surface area (Å²) in [4.78, 5) is 18.0. The van der Waals surface area contributed by atoms with Crippen molar-refractivity contribution in [1.82, 2.24) is 9.97 Å². The molecule has 8 aromatic carbocycles. The standard InChI is InChI=1S/C56H44N6/c57-55(58-40-16-4-1-5-17-40)38-28-32-43(33-29-38)62(44-34-30-39(31-35-44)56-59-51-26-14-15-27-52(51)60-56)54-37-50-45-22-10-12-24-47(45)53(36-49(50)46-23-11-13-25-48(46)54)61(41-18-6-2-7-19-41)42-20-8-3-9-21-42/h1-8,10,12,14-20,22-37H,9,11,13,21H2,(H2,57,58)(H,59,60). The third kappa shape index (κ3) is 6.82. The fraction of sp³-hybridized carbons (Fsp3) is 0.0714. The van der Waals surface area contributed by atoms with E-state index in [1.54, 1.807) is 0 Å². The van der Waals surface area contributed by atoms with E-state index in [0.29, 0.717) is 5.84 Å². The Bertz CT molecular complexity index is 3310. The Labute approximate surface area is 360 Å². The molecule has 2 aliphatic rings. The Morgan fingerprint density at radius 2 is 1.21 bits per heavy atom. The monoisotopic (exact) mass is 800 g/mol. The van der Waals surface area contributed by atoms with Crippen LogP contribution in [-0.4, -0.2) is 15.8 Å². The first-order chi connectivity index (χ1) is 30.7.